The van der Waals surface area contributed by atoms with E-state index in [1.165, 1.54) is 0 Å². The first kappa shape index (κ1) is 9.55. The average molecular weight is 155 g/mol. The molecule has 2 amide bonds. The molecule has 0 unspecified atom stereocenters. The van der Waals surface area contributed by atoms with Gasteiger partial charge in [-0.2, -0.15) is 0 Å². The van der Waals surface area contributed by atoms with Crippen molar-refractivity contribution in [1.82, 2.24) is 5.32 Å². The predicted octanol–water partition coefficient (Wildman–Crippen LogP) is 0.0734. The molecular formula is C7H13N3O. The van der Waals surface area contributed by atoms with Gasteiger partial charge >= 0.3 is 6.03 Å². The Morgan fingerprint density at radius 1 is 1.64 bits per heavy atom. The van der Waals surface area contributed by atoms with Crippen LogP contribution in [0.1, 0.15) is 6.92 Å². The lowest BCUT2D eigenvalue weighted by atomic mass is 10.2. The van der Waals surface area contributed by atoms with Crippen molar-refractivity contribution in [2.24, 2.45) is 11.5 Å². The number of rotatable bonds is 3. The highest BCUT2D eigenvalue weighted by Gasteiger charge is 1.90. The van der Waals surface area contributed by atoms with Crippen LogP contribution >= 0.6 is 0 Å². The maximum atomic E-state index is 10.2. The molecule has 0 radical (unpaired) electrons. The highest BCUT2D eigenvalue weighted by atomic mass is 16.2. The second-order valence-electron chi connectivity index (χ2n) is 2.16. The molecule has 0 aliphatic rings. The zero-order valence-corrected chi connectivity index (χ0v) is 6.55. The molecule has 5 N–H and O–H groups in total. The van der Waals surface area contributed by atoms with Crippen LogP contribution in [0.4, 0.5) is 4.79 Å². The van der Waals surface area contributed by atoms with E-state index in [1.807, 2.05) is 6.92 Å². The third-order valence-electron chi connectivity index (χ3n) is 1.19. The van der Waals surface area contributed by atoms with Crippen LogP contribution in [-0.4, -0.2) is 12.6 Å². The number of hydrogen-bond acceptors (Lipinski definition) is 2. The van der Waals surface area contributed by atoms with E-state index < -0.39 is 6.03 Å². The standard InChI is InChI=1S/C7H13N3O/c1-5(6(2)8)3-4-10-7(9)11/h3H,2,4,8H2,1H3,(H3,9,10,11)/b5-3-. The van der Waals surface area contributed by atoms with E-state index in [1.54, 1.807) is 6.08 Å². The van der Waals surface area contributed by atoms with Crippen molar-refractivity contribution in [3.8, 4) is 0 Å². The Morgan fingerprint density at radius 2 is 2.18 bits per heavy atom. The Balaban J connectivity index is 3.74. The lowest BCUT2D eigenvalue weighted by Gasteiger charge is -1.99. The SMILES string of the molecule is C=C(N)/C(C)=C\CNC(N)=O. The van der Waals surface area contributed by atoms with Crippen LogP contribution in [-0.2, 0) is 0 Å². The van der Waals surface area contributed by atoms with Crippen molar-refractivity contribution < 1.29 is 4.79 Å². The van der Waals surface area contributed by atoms with Crippen LogP contribution in [0, 0.1) is 0 Å². The van der Waals surface area contributed by atoms with Crippen molar-refractivity contribution in [3.05, 3.63) is 23.9 Å². The molecule has 4 heteroatoms. The summed E-state index contributed by atoms with van der Waals surface area (Å²) in [6.07, 6.45) is 1.74. The van der Waals surface area contributed by atoms with Gasteiger partial charge in [0.1, 0.15) is 0 Å². The number of primary amides is 1. The minimum Gasteiger partial charge on any atom is -0.399 e. The summed E-state index contributed by atoms with van der Waals surface area (Å²) in [4.78, 5) is 10.2. The first-order valence-corrected chi connectivity index (χ1v) is 3.19. The highest BCUT2D eigenvalue weighted by Crippen LogP contribution is 1.96. The number of carbonyl (C=O) groups excluding carboxylic acids is 1. The Bertz CT molecular complexity index is 196. The van der Waals surface area contributed by atoms with Crippen molar-refractivity contribution in [2.75, 3.05) is 6.54 Å². The molecule has 0 saturated heterocycles. The fraction of sp³-hybridized carbons (Fsp3) is 0.286. The van der Waals surface area contributed by atoms with Gasteiger partial charge < -0.3 is 16.8 Å². The highest BCUT2D eigenvalue weighted by molar-refractivity contribution is 5.71. The van der Waals surface area contributed by atoms with E-state index in [4.69, 9.17) is 11.5 Å². The van der Waals surface area contributed by atoms with Gasteiger partial charge in [0.15, 0.2) is 0 Å². The first-order valence-electron chi connectivity index (χ1n) is 3.19. The fourth-order valence-corrected chi connectivity index (χ4v) is 0.436. The summed E-state index contributed by atoms with van der Waals surface area (Å²) in [5.74, 6) is 0. The second-order valence-corrected chi connectivity index (χ2v) is 2.16. The average Bonchev–Trinajstić information content (AvgIpc) is 1.86. The third kappa shape index (κ3) is 5.02. The number of hydrogen-bond donors (Lipinski definition) is 3. The van der Waals surface area contributed by atoms with Crippen molar-refractivity contribution in [3.63, 3.8) is 0 Å². The monoisotopic (exact) mass is 155 g/mol. The molecule has 62 valence electrons. The molecule has 0 saturated carbocycles. The first-order chi connectivity index (χ1) is 5.04. The molecule has 0 aliphatic heterocycles. The number of nitrogens with two attached hydrogens (primary N) is 2. The molecule has 0 rings (SSSR count). The summed E-state index contributed by atoms with van der Waals surface area (Å²) in [7, 11) is 0. The molecule has 0 heterocycles. The number of urea groups is 1. The molecule has 0 atom stereocenters. The molecule has 0 aromatic rings. The quantitative estimate of drug-likeness (QED) is 0.504. The van der Waals surface area contributed by atoms with Gasteiger partial charge in [-0.15, -0.1) is 0 Å². The molecule has 11 heavy (non-hydrogen) atoms. The van der Waals surface area contributed by atoms with Crippen LogP contribution < -0.4 is 16.8 Å². The molecule has 0 fully saturated rings. The lowest BCUT2D eigenvalue weighted by Crippen LogP contribution is -2.29. The summed E-state index contributed by atoms with van der Waals surface area (Å²) in [5, 5.41) is 2.40. The van der Waals surface area contributed by atoms with Gasteiger partial charge in [0.2, 0.25) is 0 Å². The number of nitrogens with one attached hydrogen (secondary N) is 1. The molecule has 0 aromatic heterocycles. The van der Waals surface area contributed by atoms with Gasteiger partial charge in [-0.05, 0) is 12.5 Å². The van der Waals surface area contributed by atoms with Crippen molar-refractivity contribution in [2.45, 2.75) is 6.92 Å². The second kappa shape index (κ2) is 4.38. The van der Waals surface area contributed by atoms with Gasteiger partial charge in [0.25, 0.3) is 0 Å². The molecule has 0 spiro atoms. The van der Waals surface area contributed by atoms with E-state index >= 15 is 0 Å². The summed E-state index contributed by atoms with van der Waals surface area (Å²) in [6, 6.07) is -0.545. The summed E-state index contributed by atoms with van der Waals surface area (Å²) in [6.45, 7) is 5.72. The van der Waals surface area contributed by atoms with E-state index in [-0.39, 0.29) is 0 Å². The van der Waals surface area contributed by atoms with Gasteiger partial charge in [0, 0.05) is 12.2 Å². The van der Waals surface area contributed by atoms with Crippen LogP contribution in [0.2, 0.25) is 0 Å². The number of allylic oxidation sites excluding steroid dienone is 1. The van der Waals surface area contributed by atoms with Gasteiger partial charge in [-0.3, -0.25) is 0 Å². The molecule has 0 bridgehead atoms. The molecule has 0 aromatic carbocycles. The minimum atomic E-state index is -0.545. The van der Waals surface area contributed by atoms with Gasteiger partial charge in [-0.1, -0.05) is 12.7 Å². The van der Waals surface area contributed by atoms with Gasteiger partial charge in [0.05, 0.1) is 0 Å². The Kier molecular flexibility index (Phi) is 3.80. The zero-order valence-electron chi connectivity index (χ0n) is 6.55. The fourth-order valence-electron chi connectivity index (χ4n) is 0.436. The Morgan fingerprint density at radius 3 is 2.55 bits per heavy atom. The normalized spacial score (nSPS) is 10.8. The lowest BCUT2D eigenvalue weighted by molar-refractivity contribution is 0.250. The molecule has 4 nitrogen and oxygen atoms in total. The van der Waals surface area contributed by atoms with Crippen molar-refractivity contribution >= 4 is 6.03 Å². The summed E-state index contributed by atoms with van der Waals surface area (Å²) < 4.78 is 0. The largest absolute Gasteiger partial charge is 0.399 e. The van der Waals surface area contributed by atoms with Crippen LogP contribution in [0.25, 0.3) is 0 Å². The Labute approximate surface area is 65.9 Å². The smallest absolute Gasteiger partial charge is 0.312 e. The maximum Gasteiger partial charge on any atom is 0.312 e. The summed E-state index contributed by atoms with van der Waals surface area (Å²) in [5.41, 5.74) is 11.5. The van der Waals surface area contributed by atoms with Crippen LogP contribution in [0.5, 0.6) is 0 Å². The summed E-state index contributed by atoms with van der Waals surface area (Å²) >= 11 is 0. The maximum absolute atomic E-state index is 10.2. The van der Waals surface area contributed by atoms with E-state index in [0.29, 0.717) is 12.2 Å². The van der Waals surface area contributed by atoms with E-state index in [2.05, 4.69) is 11.9 Å². The number of carbonyl (C=O) groups is 1. The zero-order chi connectivity index (χ0) is 8.85. The number of amides is 2. The molecular weight excluding hydrogens is 142 g/mol. The minimum absolute atomic E-state index is 0.386. The molecule has 0 aliphatic carbocycles. The third-order valence-corrected chi connectivity index (χ3v) is 1.19. The van der Waals surface area contributed by atoms with Crippen LogP contribution in [0.3, 0.4) is 0 Å². The predicted molar refractivity (Wildman–Crippen MR) is 44.7 cm³/mol. The van der Waals surface area contributed by atoms with Crippen LogP contribution in [0.15, 0.2) is 23.9 Å². The van der Waals surface area contributed by atoms with Gasteiger partial charge in [-0.25, -0.2) is 4.79 Å². The van der Waals surface area contributed by atoms with E-state index in [0.717, 1.165) is 5.57 Å². The van der Waals surface area contributed by atoms with E-state index in [9.17, 15) is 4.79 Å². The van der Waals surface area contributed by atoms with Crippen molar-refractivity contribution in [1.29, 1.82) is 0 Å². The Hall–Kier alpha value is -1.45. The topological polar surface area (TPSA) is 81.1 Å².